The van der Waals surface area contributed by atoms with Crippen molar-refractivity contribution >= 4 is 18.0 Å². The maximum atomic E-state index is 11.9. The van der Waals surface area contributed by atoms with E-state index in [-0.39, 0.29) is 22.4 Å². The van der Waals surface area contributed by atoms with Crippen molar-refractivity contribution in [2.24, 2.45) is 0 Å². The van der Waals surface area contributed by atoms with E-state index in [4.69, 9.17) is 0 Å². The van der Waals surface area contributed by atoms with Crippen LogP contribution >= 0.6 is 11.8 Å². The number of rotatable bonds is 2. The summed E-state index contributed by atoms with van der Waals surface area (Å²) in [6.07, 6.45) is 1.57. The summed E-state index contributed by atoms with van der Waals surface area (Å²) >= 11 is -0.342. The van der Waals surface area contributed by atoms with Crippen LogP contribution in [0, 0.1) is 0 Å². The van der Waals surface area contributed by atoms with E-state index in [1.54, 1.807) is 0 Å². The van der Waals surface area contributed by atoms with Crippen LogP contribution in [0.1, 0.15) is 10.5 Å². The Morgan fingerprint density at radius 2 is 2.15 bits per heavy atom. The molecule has 13 heavy (non-hydrogen) atoms. The molecule has 1 heterocycles. The molecule has 0 saturated carbocycles. The number of pyridine rings is 1. The van der Waals surface area contributed by atoms with Crippen molar-refractivity contribution in [3.05, 3.63) is 24.0 Å². The predicted octanol–water partition coefficient (Wildman–Crippen LogP) is 2.51. The summed E-state index contributed by atoms with van der Waals surface area (Å²) in [5.41, 5.74) is -4.58. The third-order valence-corrected chi connectivity index (χ3v) is 1.93. The number of nitrogens with zero attached hydrogens (tertiary/aromatic N) is 1. The van der Waals surface area contributed by atoms with E-state index in [1.807, 2.05) is 0 Å². The van der Waals surface area contributed by atoms with Crippen molar-refractivity contribution in [2.75, 3.05) is 0 Å². The van der Waals surface area contributed by atoms with E-state index in [2.05, 4.69) is 4.98 Å². The molecule has 0 unspecified atom stereocenters. The molecule has 0 spiro atoms. The van der Waals surface area contributed by atoms with Crippen LogP contribution in [-0.4, -0.2) is 16.8 Å². The molecule has 0 fully saturated rings. The molecule has 1 rings (SSSR count). The van der Waals surface area contributed by atoms with Crippen LogP contribution in [-0.2, 0) is 0 Å². The van der Waals surface area contributed by atoms with Crippen molar-refractivity contribution in [3.8, 4) is 0 Å². The van der Waals surface area contributed by atoms with Crippen LogP contribution in [0.4, 0.5) is 13.2 Å². The number of aromatic nitrogens is 1. The second-order valence-electron chi connectivity index (χ2n) is 2.05. The standard InChI is InChI=1S/C7H4F3NOS/c8-7(9,10)13-6-2-1-3-11-5(6)4-12/h1-4H. The van der Waals surface area contributed by atoms with Gasteiger partial charge >= 0.3 is 5.51 Å². The van der Waals surface area contributed by atoms with Crippen molar-refractivity contribution in [1.82, 2.24) is 4.98 Å². The van der Waals surface area contributed by atoms with Gasteiger partial charge < -0.3 is 0 Å². The first-order valence-corrected chi connectivity index (χ1v) is 4.00. The number of thioether (sulfide) groups is 1. The molecule has 70 valence electrons. The third-order valence-electron chi connectivity index (χ3n) is 1.14. The molecule has 0 aliphatic rings. The number of carbonyl (C=O) groups is 1. The Morgan fingerprint density at radius 1 is 1.46 bits per heavy atom. The average Bonchev–Trinajstić information content (AvgIpc) is 2.02. The predicted molar refractivity (Wildman–Crippen MR) is 41.5 cm³/mol. The Labute approximate surface area is 76.2 Å². The normalized spacial score (nSPS) is 11.3. The largest absolute Gasteiger partial charge is 0.446 e. The van der Waals surface area contributed by atoms with E-state index in [0.29, 0.717) is 6.29 Å². The number of carbonyl (C=O) groups excluding carboxylic acids is 1. The van der Waals surface area contributed by atoms with E-state index >= 15 is 0 Å². The lowest BCUT2D eigenvalue weighted by molar-refractivity contribution is -0.0328. The SMILES string of the molecule is O=Cc1ncccc1SC(F)(F)F. The van der Waals surface area contributed by atoms with Crippen LogP contribution in [0.15, 0.2) is 23.2 Å². The highest BCUT2D eigenvalue weighted by molar-refractivity contribution is 8.00. The van der Waals surface area contributed by atoms with Gasteiger partial charge in [0.05, 0.1) is 0 Å². The van der Waals surface area contributed by atoms with Gasteiger partial charge in [-0.3, -0.25) is 9.78 Å². The second kappa shape index (κ2) is 3.78. The summed E-state index contributed by atoms with van der Waals surface area (Å²) in [4.78, 5) is 13.6. The van der Waals surface area contributed by atoms with Crippen molar-refractivity contribution in [3.63, 3.8) is 0 Å². The van der Waals surface area contributed by atoms with Crippen LogP contribution in [0.2, 0.25) is 0 Å². The highest BCUT2D eigenvalue weighted by atomic mass is 32.2. The molecule has 2 nitrogen and oxygen atoms in total. The molecule has 0 bridgehead atoms. The average molecular weight is 207 g/mol. The minimum atomic E-state index is -4.39. The van der Waals surface area contributed by atoms with E-state index in [1.165, 1.54) is 18.3 Å². The molecule has 6 heteroatoms. The quantitative estimate of drug-likeness (QED) is 0.551. The Kier molecular flexibility index (Phi) is 2.92. The molecule has 0 atom stereocenters. The Morgan fingerprint density at radius 3 is 2.69 bits per heavy atom. The maximum Gasteiger partial charge on any atom is 0.446 e. The summed E-state index contributed by atoms with van der Waals surface area (Å²) in [7, 11) is 0. The number of hydrogen-bond donors (Lipinski definition) is 0. The van der Waals surface area contributed by atoms with Crippen LogP contribution < -0.4 is 0 Å². The Hall–Kier alpha value is -1.04. The zero-order valence-electron chi connectivity index (χ0n) is 6.21. The van der Waals surface area contributed by atoms with Gasteiger partial charge in [0.15, 0.2) is 6.29 Å². The lowest BCUT2D eigenvalue weighted by Crippen LogP contribution is -2.01. The molecule has 0 aliphatic carbocycles. The highest BCUT2D eigenvalue weighted by Gasteiger charge is 2.30. The first-order chi connectivity index (χ1) is 6.03. The van der Waals surface area contributed by atoms with Gasteiger partial charge in [-0.05, 0) is 23.9 Å². The monoisotopic (exact) mass is 207 g/mol. The molecular weight excluding hydrogens is 203 g/mol. The van der Waals surface area contributed by atoms with Crippen molar-refractivity contribution < 1.29 is 18.0 Å². The molecule has 0 aliphatic heterocycles. The van der Waals surface area contributed by atoms with Gasteiger partial charge in [0.2, 0.25) is 0 Å². The van der Waals surface area contributed by atoms with Crippen LogP contribution in [0.3, 0.4) is 0 Å². The zero-order chi connectivity index (χ0) is 9.90. The van der Waals surface area contributed by atoms with Gasteiger partial charge in [-0.15, -0.1) is 0 Å². The van der Waals surface area contributed by atoms with Gasteiger partial charge in [-0.2, -0.15) is 13.2 Å². The Bertz CT molecular complexity index is 313. The van der Waals surface area contributed by atoms with Gasteiger partial charge in [-0.1, -0.05) is 0 Å². The number of halogens is 3. The van der Waals surface area contributed by atoms with Gasteiger partial charge in [0, 0.05) is 11.1 Å². The number of hydrogen-bond acceptors (Lipinski definition) is 3. The van der Waals surface area contributed by atoms with E-state index < -0.39 is 5.51 Å². The van der Waals surface area contributed by atoms with Crippen molar-refractivity contribution in [2.45, 2.75) is 10.4 Å². The first kappa shape index (κ1) is 10.0. The third kappa shape index (κ3) is 3.06. The van der Waals surface area contributed by atoms with Gasteiger partial charge in [0.1, 0.15) is 5.69 Å². The number of alkyl halides is 3. The molecule has 0 radical (unpaired) electrons. The molecule has 1 aromatic rings. The van der Waals surface area contributed by atoms with E-state index in [9.17, 15) is 18.0 Å². The van der Waals surface area contributed by atoms with Crippen LogP contribution in [0.5, 0.6) is 0 Å². The van der Waals surface area contributed by atoms with E-state index in [0.717, 1.165) is 0 Å². The molecule has 0 amide bonds. The van der Waals surface area contributed by atoms with Gasteiger partial charge in [0.25, 0.3) is 0 Å². The maximum absolute atomic E-state index is 11.9. The fraction of sp³-hybridized carbons (Fsp3) is 0.143. The smallest absolute Gasteiger partial charge is 0.296 e. The Balaban J connectivity index is 2.94. The summed E-state index contributed by atoms with van der Waals surface area (Å²) in [5.74, 6) is 0. The molecule has 0 saturated heterocycles. The lowest BCUT2D eigenvalue weighted by atomic mass is 10.4. The first-order valence-electron chi connectivity index (χ1n) is 3.19. The summed E-state index contributed by atoms with van der Waals surface area (Å²) in [5, 5.41) is 0. The molecule has 0 aromatic carbocycles. The lowest BCUT2D eigenvalue weighted by Gasteiger charge is -2.05. The summed E-state index contributed by atoms with van der Waals surface area (Å²) < 4.78 is 35.6. The molecular formula is C7H4F3NOS. The topological polar surface area (TPSA) is 30.0 Å². The molecule has 0 N–H and O–H groups in total. The fourth-order valence-corrected chi connectivity index (χ4v) is 1.30. The molecule has 1 aromatic heterocycles. The minimum absolute atomic E-state index is 0.176. The minimum Gasteiger partial charge on any atom is -0.296 e. The number of aldehydes is 1. The van der Waals surface area contributed by atoms with Gasteiger partial charge in [-0.25, -0.2) is 0 Å². The fourth-order valence-electron chi connectivity index (χ4n) is 0.702. The zero-order valence-corrected chi connectivity index (χ0v) is 7.02. The second-order valence-corrected chi connectivity index (χ2v) is 3.16. The van der Waals surface area contributed by atoms with Crippen molar-refractivity contribution in [1.29, 1.82) is 0 Å². The summed E-state index contributed by atoms with van der Waals surface area (Å²) in [6, 6.07) is 2.55. The summed E-state index contributed by atoms with van der Waals surface area (Å²) in [6.45, 7) is 0. The highest BCUT2D eigenvalue weighted by Crippen LogP contribution is 2.37. The van der Waals surface area contributed by atoms with Crippen LogP contribution in [0.25, 0.3) is 0 Å².